The Kier molecular flexibility index (Phi) is 8.42. The van der Waals surface area contributed by atoms with Crippen molar-refractivity contribution >= 4 is 43.7 Å². The second kappa shape index (κ2) is 14.7. The van der Waals surface area contributed by atoms with Crippen molar-refractivity contribution in [1.82, 2.24) is 19.5 Å². The van der Waals surface area contributed by atoms with E-state index in [1.807, 2.05) is 42.5 Å². The Balaban J connectivity index is 1.02. The molecule has 62 heavy (non-hydrogen) atoms. The van der Waals surface area contributed by atoms with Crippen LogP contribution >= 0.6 is 0 Å². The zero-order chi connectivity index (χ0) is 41.0. The van der Waals surface area contributed by atoms with E-state index in [1.165, 1.54) is 22.1 Å². The molecule has 12 rings (SSSR count). The van der Waals surface area contributed by atoms with Crippen LogP contribution in [0.3, 0.4) is 0 Å². The Hall–Kier alpha value is -8.41. The summed E-state index contributed by atoms with van der Waals surface area (Å²) < 4.78 is 9.02. The normalized spacial score (nSPS) is 11.5. The molecule has 0 radical (unpaired) electrons. The van der Waals surface area contributed by atoms with Crippen LogP contribution in [0.2, 0.25) is 0 Å². The highest BCUT2D eigenvalue weighted by Crippen LogP contribution is 2.42. The van der Waals surface area contributed by atoms with Gasteiger partial charge in [-0.15, -0.1) is 0 Å². The maximum atomic E-state index is 6.64. The molecule has 0 fully saturated rings. The van der Waals surface area contributed by atoms with E-state index in [-0.39, 0.29) is 0 Å². The molecule has 0 aliphatic heterocycles. The number of aromatic nitrogens is 4. The number of furan rings is 1. The third kappa shape index (κ3) is 6.14. The SMILES string of the molecule is c1ccc(-c2cccc(-c3ccc(-n4c5ccccc5c5ccc6oc7ccc(-c8nc(-c9ccccc9)nc(-c9cccc(-c%10ccccc%10)c9)n8)cc7c6c54)cc3)c2)cc1. The fraction of sp³-hybridized carbons (Fsp3) is 0. The monoisotopic (exact) mass is 792 g/mol. The molecule has 0 amide bonds. The van der Waals surface area contributed by atoms with Gasteiger partial charge in [-0.25, -0.2) is 15.0 Å². The summed E-state index contributed by atoms with van der Waals surface area (Å²) in [6.07, 6.45) is 0. The molecule has 3 aromatic heterocycles. The number of fused-ring (bicyclic) bond motifs is 7. The van der Waals surface area contributed by atoms with Crippen molar-refractivity contribution in [1.29, 1.82) is 0 Å². The van der Waals surface area contributed by atoms with Crippen LogP contribution in [0.15, 0.2) is 223 Å². The van der Waals surface area contributed by atoms with Crippen LogP contribution in [0.5, 0.6) is 0 Å². The lowest BCUT2D eigenvalue weighted by Crippen LogP contribution is -2.00. The van der Waals surface area contributed by atoms with Crippen LogP contribution in [0.25, 0.3) is 117 Å². The average molecular weight is 793 g/mol. The summed E-state index contributed by atoms with van der Waals surface area (Å²) in [6, 6.07) is 76.3. The second-order valence-electron chi connectivity index (χ2n) is 15.6. The second-order valence-corrected chi connectivity index (χ2v) is 15.6. The van der Waals surface area contributed by atoms with E-state index >= 15 is 0 Å². The maximum Gasteiger partial charge on any atom is 0.164 e. The van der Waals surface area contributed by atoms with Crippen LogP contribution in [0.4, 0.5) is 0 Å². The number of nitrogens with zero attached hydrogens (tertiary/aromatic N) is 4. The van der Waals surface area contributed by atoms with Gasteiger partial charge in [0.25, 0.3) is 0 Å². The first-order valence-corrected chi connectivity index (χ1v) is 20.8. The molecule has 5 heteroatoms. The first-order chi connectivity index (χ1) is 30.7. The highest BCUT2D eigenvalue weighted by atomic mass is 16.3. The van der Waals surface area contributed by atoms with Gasteiger partial charge in [-0.1, -0.05) is 158 Å². The third-order valence-electron chi connectivity index (χ3n) is 11.8. The van der Waals surface area contributed by atoms with Crippen molar-refractivity contribution in [2.45, 2.75) is 0 Å². The van der Waals surface area contributed by atoms with Gasteiger partial charge in [0.1, 0.15) is 11.2 Å². The molecule has 12 aromatic rings. The molecule has 0 aliphatic carbocycles. The van der Waals surface area contributed by atoms with E-state index in [2.05, 4.69) is 180 Å². The van der Waals surface area contributed by atoms with E-state index in [1.54, 1.807) is 0 Å². The zero-order valence-electron chi connectivity index (χ0n) is 33.5. The minimum absolute atomic E-state index is 0.592. The van der Waals surface area contributed by atoms with E-state index in [9.17, 15) is 0 Å². The summed E-state index contributed by atoms with van der Waals surface area (Å²) in [6.45, 7) is 0. The van der Waals surface area contributed by atoms with Gasteiger partial charge in [0, 0.05) is 38.5 Å². The third-order valence-corrected chi connectivity index (χ3v) is 11.8. The molecule has 9 aromatic carbocycles. The van der Waals surface area contributed by atoms with Crippen molar-refractivity contribution in [3.8, 4) is 73.2 Å². The van der Waals surface area contributed by atoms with Crippen LogP contribution < -0.4 is 0 Å². The molecule has 0 bridgehead atoms. The molecule has 0 N–H and O–H groups in total. The van der Waals surface area contributed by atoms with Crippen LogP contribution in [0, 0.1) is 0 Å². The van der Waals surface area contributed by atoms with Crippen LogP contribution in [-0.4, -0.2) is 19.5 Å². The molecule has 0 unspecified atom stereocenters. The van der Waals surface area contributed by atoms with E-state index in [0.717, 1.165) is 77.4 Å². The Morgan fingerprint density at radius 1 is 0.306 bits per heavy atom. The lowest BCUT2D eigenvalue weighted by Gasteiger charge is -2.11. The van der Waals surface area contributed by atoms with Crippen molar-refractivity contribution in [3.63, 3.8) is 0 Å². The molecule has 0 saturated carbocycles. The molecule has 5 nitrogen and oxygen atoms in total. The van der Waals surface area contributed by atoms with Crippen LogP contribution in [-0.2, 0) is 0 Å². The van der Waals surface area contributed by atoms with Crippen molar-refractivity contribution in [2.75, 3.05) is 0 Å². The number of rotatable bonds is 7. The summed E-state index contributed by atoms with van der Waals surface area (Å²) in [5.74, 6) is 1.82. The highest BCUT2D eigenvalue weighted by molar-refractivity contribution is 6.24. The van der Waals surface area contributed by atoms with Gasteiger partial charge < -0.3 is 8.98 Å². The minimum atomic E-state index is 0.592. The van der Waals surface area contributed by atoms with Crippen molar-refractivity contribution in [3.05, 3.63) is 218 Å². The van der Waals surface area contributed by atoms with Crippen molar-refractivity contribution < 1.29 is 4.42 Å². The average Bonchev–Trinajstić information content (AvgIpc) is 3.90. The lowest BCUT2D eigenvalue weighted by molar-refractivity contribution is 0.669. The van der Waals surface area contributed by atoms with E-state index < -0.39 is 0 Å². The zero-order valence-corrected chi connectivity index (χ0v) is 33.5. The minimum Gasteiger partial charge on any atom is -0.456 e. The van der Waals surface area contributed by atoms with Gasteiger partial charge in [0.15, 0.2) is 17.5 Å². The molecule has 0 saturated heterocycles. The molecular formula is C57H36N4O. The predicted molar refractivity (Wildman–Crippen MR) is 254 cm³/mol. The van der Waals surface area contributed by atoms with Crippen molar-refractivity contribution in [2.24, 2.45) is 0 Å². The Labute approximate surface area is 357 Å². The Morgan fingerprint density at radius 2 is 0.774 bits per heavy atom. The first kappa shape index (κ1) is 35.5. The smallest absolute Gasteiger partial charge is 0.164 e. The number of hydrogen-bond donors (Lipinski definition) is 0. The van der Waals surface area contributed by atoms with Gasteiger partial charge in [-0.2, -0.15) is 0 Å². The molecule has 0 spiro atoms. The van der Waals surface area contributed by atoms with Gasteiger partial charge >= 0.3 is 0 Å². The quantitative estimate of drug-likeness (QED) is 0.161. The maximum absolute atomic E-state index is 6.64. The molecule has 3 heterocycles. The molecular weight excluding hydrogens is 757 g/mol. The standard InChI is InChI=1S/C57H36N4O/c1-4-14-37(15-5-1)41-20-12-21-42(34-41)39-26-29-46(30-27-39)61-50-25-11-10-24-47(50)48-31-33-52-53(54(48)61)49-36-45(28-32-51(49)62-52)57-59-55(40-18-8-3-9-19-40)58-56(60-57)44-23-13-22-43(35-44)38-16-6-2-7-17-38/h1-36H. The predicted octanol–water partition coefficient (Wildman–Crippen LogP) is 14.9. The molecule has 0 atom stereocenters. The van der Waals surface area contributed by atoms with E-state index in [0.29, 0.717) is 17.5 Å². The lowest BCUT2D eigenvalue weighted by atomic mass is 9.99. The largest absolute Gasteiger partial charge is 0.456 e. The Morgan fingerprint density at radius 3 is 1.42 bits per heavy atom. The van der Waals surface area contributed by atoms with Gasteiger partial charge in [0.2, 0.25) is 0 Å². The van der Waals surface area contributed by atoms with E-state index in [4.69, 9.17) is 19.4 Å². The summed E-state index contributed by atoms with van der Waals surface area (Å²) >= 11 is 0. The number of benzene rings is 9. The Bertz CT molecular complexity index is 3610. The summed E-state index contributed by atoms with van der Waals surface area (Å²) in [5, 5.41) is 4.38. The fourth-order valence-electron chi connectivity index (χ4n) is 8.86. The van der Waals surface area contributed by atoms with Crippen LogP contribution in [0.1, 0.15) is 0 Å². The van der Waals surface area contributed by atoms with Gasteiger partial charge in [-0.3, -0.25) is 0 Å². The highest BCUT2D eigenvalue weighted by Gasteiger charge is 2.21. The summed E-state index contributed by atoms with van der Waals surface area (Å²) in [5.41, 5.74) is 14.6. The fourth-order valence-corrected chi connectivity index (χ4v) is 8.86. The number of para-hydroxylation sites is 1. The van der Waals surface area contributed by atoms with Gasteiger partial charge in [0.05, 0.1) is 16.4 Å². The molecule has 0 aliphatic rings. The summed E-state index contributed by atoms with van der Waals surface area (Å²) in [7, 11) is 0. The van der Waals surface area contributed by atoms with Gasteiger partial charge in [-0.05, 0) is 94.0 Å². The molecule has 290 valence electrons. The summed E-state index contributed by atoms with van der Waals surface area (Å²) in [4.78, 5) is 15.3. The number of hydrogen-bond acceptors (Lipinski definition) is 4. The topological polar surface area (TPSA) is 56.7 Å². The first-order valence-electron chi connectivity index (χ1n) is 20.8.